The molecule has 1 aromatic heterocycles. The fraction of sp³-hybridized carbons (Fsp3) is 0.375. The lowest BCUT2D eigenvalue weighted by Gasteiger charge is -2.23. The Morgan fingerprint density at radius 3 is 2.62 bits per heavy atom. The van der Waals surface area contributed by atoms with Crippen LogP contribution in [0.25, 0.3) is 5.69 Å². The molecule has 1 fully saturated rings. The van der Waals surface area contributed by atoms with Gasteiger partial charge in [0, 0.05) is 24.7 Å². The van der Waals surface area contributed by atoms with E-state index in [1.807, 2.05) is 48.2 Å². The molecule has 8 heteroatoms. The SMILES string of the molecule is CCN(Cc1ccc2c(c1)OCCO2)C(=O)CSc1nnc(C2CC2)n1-c1ccccc1. The average molecular weight is 451 g/mol. The predicted octanol–water partition coefficient (Wildman–Crippen LogP) is 4.06. The lowest BCUT2D eigenvalue weighted by molar-refractivity contribution is -0.128. The zero-order chi connectivity index (χ0) is 21.9. The van der Waals surface area contributed by atoms with E-state index in [0.717, 1.165) is 46.6 Å². The molecule has 0 spiro atoms. The Labute approximate surface area is 191 Å². The maximum atomic E-state index is 13.0. The molecule has 0 saturated heterocycles. The van der Waals surface area contributed by atoms with Crippen molar-refractivity contribution in [1.29, 1.82) is 0 Å². The quantitative estimate of drug-likeness (QED) is 0.482. The molecule has 0 unspecified atom stereocenters. The van der Waals surface area contributed by atoms with Crippen molar-refractivity contribution in [2.45, 2.75) is 37.4 Å². The molecule has 0 radical (unpaired) electrons. The summed E-state index contributed by atoms with van der Waals surface area (Å²) in [5, 5.41) is 9.63. The van der Waals surface area contributed by atoms with E-state index in [0.29, 0.717) is 38.0 Å². The number of thioether (sulfide) groups is 1. The number of carbonyl (C=O) groups is 1. The summed E-state index contributed by atoms with van der Waals surface area (Å²) in [4.78, 5) is 14.9. The van der Waals surface area contributed by atoms with Gasteiger partial charge in [0.15, 0.2) is 16.7 Å². The number of benzene rings is 2. The van der Waals surface area contributed by atoms with Crippen LogP contribution < -0.4 is 9.47 Å². The summed E-state index contributed by atoms with van der Waals surface area (Å²) < 4.78 is 13.4. The monoisotopic (exact) mass is 450 g/mol. The van der Waals surface area contributed by atoms with Crippen LogP contribution in [0.15, 0.2) is 53.7 Å². The van der Waals surface area contributed by atoms with E-state index >= 15 is 0 Å². The maximum absolute atomic E-state index is 13.0. The Balaban J connectivity index is 1.28. The van der Waals surface area contributed by atoms with Crippen LogP contribution in [-0.2, 0) is 11.3 Å². The van der Waals surface area contributed by atoms with E-state index in [-0.39, 0.29) is 5.91 Å². The van der Waals surface area contributed by atoms with Crippen molar-refractivity contribution in [1.82, 2.24) is 19.7 Å². The van der Waals surface area contributed by atoms with Gasteiger partial charge in [-0.3, -0.25) is 9.36 Å². The summed E-state index contributed by atoms with van der Waals surface area (Å²) in [7, 11) is 0. The van der Waals surface area contributed by atoms with Gasteiger partial charge in [0.05, 0.1) is 5.75 Å². The van der Waals surface area contributed by atoms with Crippen LogP contribution in [0, 0.1) is 0 Å². The smallest absolute Gasteiger partial charge is 0.233 e. The molecule has 0 atom stereocenters. The first kappa shape index (κ1) is 20.9. The molecule has 1 aliphatic heterocycles. The molecule has 2 heterocycles. The molecule has 0 N–H and O–H groups in total. The minimum atomic E-state index is 0.0722. The van der Waals surface area contributed by atoms with Crippen LogP contribution in [0.5, 0.6) is 11.5 Å². The third kappa shape index (κ3) is 4.46. The fourth-order valence-electron chi connectivity index (χ4n) is 3.80. The van der Waals surface area contributed by atoms with Crippen LogP contribution in [0.2, 0.25) is 0 Å². The minimum absolute atomic E-state index is 0.0722. The van der Waals surface area contributed by atoms with E-state index in [9.17, 15) is 4.79 Å². The highest BCUT2D eigenvalue weighted by Crippen LogP contribution is 2.41. The van der Waals surface area contributed by atoms with Crippen molar-refractivity contribution >= 4 is 17.7 Å². The molecule has 5 rings (SSSR count). The highest BCUT2D eigenvalue weighted by molar-refractivity contribution is 7.99. The number of ether oxygens (including phenoxy) is 2. The average Bonchev–Trinajstić information content (AvgIpc) is 3.60. The van der Waals surface area contributed by atoms with Gasteiger partial charge < -0.3 is 14.4 Å². The van der Waals surface area contributed by atoms with Gasteiger partial charge >= 0.3 is 0 Å². The zero-order valence-corrected chi connectivity index (χ0v) is 18.9. The molecule has 166 valence electrons. The van der Waals surface area contributed by atoms with E-state index in [1.165, 1.54) is 11.8 Å². The number of hydrogen-bond donors (Lipinski definition) is 0. The second-order valence-corrected chi connectivity index (χ2v) is 8.90. The second-order valence-electron chi connectivity index (χ2n) is 7.96. The lowest BCUT2D eigenvalue weighted by atomic mass is 10.2. The van der Waals surface area contributed by atoms with Crippen molar-refractivity contribution < 1.29 is 14.3 Å². The van der Waals surface area contributed by atoms with Crippen molar-refractivity contribution in [2.24, 2.45) is 0 Å². The van der Waals surface area contributed by atoms with Crippen LogP contribution in [-0.4, -0.2) is 51.1 Å². The lowest BCUT2D eigenvalue weighted by Crippen LogP contribution is -2.31. The molecular weight excluding hydrogens is 424 g/mol. The second kappa shape index (κ2) is 9.24. The first-order valence-corrected chi connectivity index (χ1v) is 12.0. The van der Waals surface area contributed by atoms with Crippen molar-refractivity contribution in [3.05, 3.63) is 59.9 Å². The van der Waals surface area contributed by atoms with E-state index in [1.54, 1.807) is 0 Å². The molecule has 32 heavy (non-hydrogen) atoms. The third-order valence-electron chi connectivity index (χ3n) is 5.65. The number of carbonyl (C=O) groups excluding carboxylic acids is 1. The molecule has 1 saturated carbocycles. The highest BCUT2D eigenvalue weighted by atomic mass is 32.2. The van der Waals surface area contributed by atoms with Crippen LogP contribution in [0.1, 0.15) is 37.1 Å². The molecular formula is C24H26N4O3S. The van der Waals surface area contributed by atoms with Gasteiger partial charge in [0.25, 0.3) is 0 Å². The number of aromatic nitrogens is 3. The number of para-hydroxylation sites is 1. The Morgan fingerprint density at radius 1 is 1.09 bits per heavy atom. The summed E-state index contributed by atoms with van der Waals surface area (Å²) in [6.07, 6.45) is 2.29. The zero-order valence-electron chi connectivity index (χ0n) is 18.1. The van der Waals surface area contributed by atoms with Gasteiger partial charge in [-0.05, 0) is 49.6 Å². The van der Waals surface area contributed by atoms with E-state index in [4.69, 9.17) is 9.47 Å². The summed E-state index contributed by atoms with van der Waals surface area (Å²) >= 11 is 1.45. The fourth-order valence-corrected chi connectivity index (χ4v) is 4.66. The van der Waals surface area contributed by atoms with E-state index in [2.05, 4.69) is 26.9 Å². The number of nitrogens with zero attached hydrogens (tertiary/aromatic N) is 4. The Morgan fingerprint density at radius 2 is 1.88 bits per heavy atom. The van der Waals surface area contributed by atoms with Gasteiger partial charge in [0.1, 0.15) is 19.0 Å². The first-order chi connectivity index (χ1) is 15.7. The Kier molecular flexibility index (Phi) is 6.03. The molecule has 2 aliphatic rings. The number of amides is 1. The molecule has 2 aromatic carbocycles. The summed E-state index contributed by atoms with van der Waals surface area (Å²) in [5.41, 5.74) is 2.07. The molecule has 1 amide bonds. The number of hydrogen-bond acceptors (Lipinski definition) is 6. The molecule has 0 bridgehead atoms. The molecule has 7 nitrogen and oxygen atoms in total. The molecule has 3 aromatic rings. The first-order valence-electron chi connectivity index (χ1n) is 11.0. The maximum Gasteiger partial charge on any atom is 0.233 e. The van der Waals surface area contributed by atoms with Gasteiger partial charge in [-0.2, -0.15) is 0 Å². The Hall–Kier alpha value is -3.00. The van der Waals surface area contributed by atoms with Crippen LogP contribution in [0.3, 0.4) is 0 Å². The van der Waals surface area contributed by atoms with Gasteiger partial charge in [-0.25, -0.2) is 0 Å². The van der Waals surface area contributed by atoms with Gasteiger partial charge in [-0.1, -0.05) is 36.0 Å². The standard InChI is InChI=1S/C24H26N4O3S/c1-2-27(15-17-8-11-20-21(14-17)31-13-12-30-20)22(29)16-32-24-26-25-23(18-9-10-18)28(24)19-6-4-3-5-7-19/h3-8,11,14,18H,2,9-10,12-13,15-16H2,1H3. The third-order valence-corrected chi connectivity index (χ3v) is 6.57. The van der Waals surface area contributed by atoms with E-state index < -0.39 is 0 Å². The largest absolute Gasteiger partial charge is 0.486 e. The predicted molar refractivity (Wildman–Crippen MR) is 123 cm³/mol. The van der Waals surface area contributed by atoms with Gasteiger partial charge in [0.2, 0.25) is 5.91 Å². The topological polar surface area (TPSA) is 69.5 Å². The summed E-state index contributed by atoms with van der Waals surface area (Å²) in [6, 6.07) is 16.0. The summed E-state index contributed by atoms with van der Waals surface area (Å²) in [6.45, 7) is 4.28. The Bertz CT molecular complexity index is 1100. The highest BCUT2D eigenvalue weighted by Gasteiger charge is 2.31. The van der Waals surface area contributed by atoms with Crippen molar-refractivity contribution in [2.75, 3.05) is 25.5 Å². The van der Waals surface area contributed by atoms with Crippen molar-refractivity contribution in [3.8, 4) is 17.2 Å². The normalized spacial score (nSPS) is 14.9. The number of rotatable bonds is 8. The summed E-state index contributed by atoms with van der Waals surface area (Å²) in [5.74, 6) is 3.35. The molecule has 1 aliphatic carbocycles. The minimum Gasteiger partial charge on any atom is -0.486 e. The number of fused-ring (bicyclic) bond motifs is 1. The van der Waals surface area contributed by atoms with Crippen LogP contribution >= 0.6 is 11.8 Å². The van der Waals surface area contributed by atoms with Crippen LogP contribution in [0.4, 0.5) is 0 Å². The van der Waals surface area contributed by atoms with Gasteiger partial charge in [-0.15, -0.1) is 10.2 Å². The van der Waals surface area contributed by atoms with Crippen molar-refractivity contribution in [3.63, 3.8) is 0 Å².